The zero-order valence-electron chi connectivity index (χ0n) is 7.44. The van der Waals surface area contributed by atoms with E-state index < -0.39 is 0 Å². The molecule has 66 valence electrons. The molecule has 1 aliphatic heterocycles. The Labute approximate surface area is 76.8 Å². The van der Waals surface area contributed by atoms with E-state index in [1.54, 1.807) is 12.4 Å². The molecule has 0 aromatic carbocycles. The van der Waals surface area contributed by atoms with Gasteiger partial charge in [-0.1, -0.05) is 0 Å². The van der Waals surface area contributed by atoms with Crippen LogP contribution in [-0.4, -0.2) is 35.0 Å². The van der Waals surface area contributed by atoms with Gasteiger partial charge in [0.2, 0.25) is 5.82 Å². The normalized spacial score (nSPS) is 17.8. The molecule has 0 saturated carbocycles. The maximum absolute atomic E-state index is 8.50. The second-order valence-corrected chi connectivity index (χ2v) is 3.37. The third-order valence-corrected chi connectivity index (χ3v) is 2.31. The van der Waals surface area contributed by atoms with E-state index in [1.807, 2.05) is 6.07 Å². The van der Waals surface area contributed by atoms with Crippen LogP contribution in [-0.2, 0) is 0 Å². The summed E-state index contributed by atoms with van der Waals surface area (Å²) in [5.74, 6) is 0.800. The van der Waals surface area contributed by atoms with Gasteiger partial charge in [-0.25, -0.2) is 9.97 Å². The van der Waals surface area contributed by atoms with E-state index >= 15 is 0 Å². The van der Waals surface area contributed by atoms with E-state index in [4.69, 9.17) is 5.26 Å². The Bertz CT molecular complexity index is 332. The van der Waals surface area contributed by atoms with Crippen LogP contribution in [0.1, 0.15) is 17.3 Å². The molecular weight excluding hydrogens is 164 g/mol. The van der Waals surface area contributed by atoms with Gasteiger partial charge in [0, 0.05) is 31.4 Å². The average Bonchev–Trinajstić information content (AvgIpc) is 2.13. The Hall–Kier alpha value is -1.47. The minimum Gasteiger partial charge on any atom is -0.305 e. The van der Waals surface area contributed by atoms with Crippen molar-refractivity contribution in [3.63, 3.8) is 0 Å². The van der Waals surface area contributed by atoms with Crippen molar-refractivity contribution in [1.82, 2.24) is 14.9 Å². The molecule has 0 spiro atoms. The molecule has 4 heteroatoms. The standard InChI is InChI=1S/C9H10N4/c1-13-5-8(6-13)7-3-11-9(2-10)12-4-7/h3-4,8H,5-6H2,1H3. The van der Waals surface area contributed by atoms with Crippen molar-refractivity contribution in [3.05, 3.63) is 23.8 Å². The maximum atomic E-state index is 8.50. The van der Waals surface area contributed by atoms with E-state index in [2.05, 4.69) is 21.9 Å². The molecule has 13 heavy (non-hydrogen) atoms. The number of likely N-dealkylation sites (tertiary alicyclic amines) is 1. The number of aromatic nitrogens is 2. The van der Waals surface area contributed by atoms with Crippen molar-refractivity contribution in [2.24, 2.45) is 0 Å². The third-order valence-electron chi connectivity index (χ3n) is 2.31. The van der Waals surface area contributed by atoms with Gasteiger partial charge < -0.3 is 4.90 Å². The molecule has 1 fully saturated rings. The minimum absolute atomic E-state index is 0.247. The largest absolute Gasteiger partial charge is 0.305 e. The van der Waals surface area contributed by atoms with Crippen LogP contribution in [0.25, 0.3) is 0 Å². The lowest BCUT2D eigenvalue weighted by Gasteiger charge is -2.35. The van der Waals surface area contributed by atoms with E-state index in [0.717, 1.165) is 18.7 Å². The van der Waals surface area contributed by atoms with Crippen molar-refractivity contribution in [2.75, 3.05) is 20.1 Å². The predicted molar refractivity (Wildman–Crippen MR) is 47.0 cm³/mol. The van der Waals surface area contributed by atoms with Gasteiger partial charge >= 0.3 is 0 Å². The number of hydrogen-bond acceptors (Lipinski definition) is 4. The van der Waals surface area contributed by atoms with Crippen LogP contribution in [0.4, 0.5) is 0 Å². The fraction of sp³-hybridized carbons (Fsp3) is 0.444. The number of likely N-dealkylation sites (N-methyl/N-ethyl adjacent to an activating group) is 1. The van der Waals surface area contributed by atoms with Gasteiger partial charge in [0.25, 0.3) is 0 Å². The molecule has 0 unspecified atom stereocenters. The molecule has 1 aliphatic rings. The Balaban J connectivity index is 2.11. The van der Waals surface area contributed by atoms with Crippen LogP contribution in [0.15, 0.2) is 12.4 Å². The van der Waals surface area contributed by atoms with E-state index in [9.17, 15) is 0 Å². The Morgan fingerprint density at radius 1 is 1.46 bits per heavy atom. The molecule has 2 rings (SSSR count). The molecule has 0 amide bonds. The van der Waals surface area contributed by atoms with Crippen LogP contribution in [0.2, 0.25) is 0 Å². The van der Waals surface area contributed by atoms with E-state index in [-0.39, 0.29) is 5.82 Å². The van der Waals surface area contributed by atoms with Crippen molar-refractivity contribution in [2.45, 2.75) is 5.92 Å². The lowest BCUT2D eigenvalue weighted by Crippen LogP contribution is -2.41. The van der Waals surface area contributed by atoms with Crippen molar-refractivity contribution >= 4 is 0 Å². The number of rotatable bonds is 1. The Morgan fingerprint density at radius 2 is 2.08 bits per heavy atom. The van der Waals surface area contributed by atoms with Gasteiger partial charge in [-0.2, -0.15) is 5.26 Å². The Kier molecular flexibility index (Phi) is 1.95. The topological polar surface area (TPSA) is 52.8 Å². The van der Waals surface area contributed by atoms with Crippen LogP contribution < -0.4 is 0 Å². The van der Waals surface area contributed by atoms with E-state index in [0.29, 0.717) is 5.92 Å². The monoisotopic (exact) mass is 174 g/mol. The third kappa shape index (κ3) is 1.51. The molecule has 0 radical (unpaired) electrons. The molecule has 0 N–H and O–H groups in total. The van der Waals surface area contributed by atoms with Crippen LogP contribution in [0.5, 0.6) is 0 Å². The van der Waals surface area contributed by atoms with Gasteiger partial charge in [-0.15, -0.1) is 0 Å². The van der Waals surface area contributed by atoms with Crippen LogP contribution >= 0.6 is 0 Å². The average molecular weight is 174 g/mol. The summed E-state index contributed by atoms with van der Waals surface area (Å²) in [4.78, 5) is 10.1. The first-order chi connectivity index (χ1) is 6.29. The summed E-state index contributed by atoms with van der Waals surface area (Å²) in [6.45, 7) is 2.13. The highest BCUT2D eigenvalue weighted by molar-refractivity contribution is 5.19. The second kappa shape index (κ2) is 3.11. The Morgan fingerprint density at radius 3 is 2.54 bits per heavy atom. The summed E-state index contributed by atoms with van der Waals surface area (Å²) in [7, 11) is 2.08. The highest BCUT2D eigenvalue weighted by atomic mass is 15.2. The van der Waals surface area contributed by atoms with Crippen molar-refractivity contribution in [1.29, 1.82) is 5.26 Å². The first-order valence-electron chi connectivity index (χ1n) is 4.20. The lowest BCUT2D eigenvalue weighted by molar-refractivity contribution is 0.189. The smallest absolute Gasteiger partial charge is 0.232 e. The summed E-state index contributed by atoms with van der Waals surface area (Å²) in [5, 5.41) is 8.50. The zero-order valence-corrected chi connectivity index (χ0v) is 7.44. The zero-order chi connectivity index (χ0) is 9.26. The van der Waals surface area contributed by atoms with E-state index in [1.165, 1.54) is 0 Å². The van der Waals surface area contributed by atoms with Gasteiger partial charge in [0.05, 0.1) is 0 Å². The van der Waals surface area contributed by atoms with Crippen LogP contribution in [0, 0.1) is 11.3 Å². The highest BCUT2D eigenvalue weighted by Crippen LogP contribution is 2.23. The second-order valence-electron chi connectivity index (χ2n) is 3.37. The highest BCUT2D eigenvalue weighted by Gasteiger charge is 2.25. The first-order valence-corrected chi connectivity index (χ1v) is 4.20. The van der Waals surface area contributed by atoms with Crippen LogP contribution in [0.3, 0.4) is 0 Å². The molecule has 0 atom stereocenters. The molecule has 0 bridgehead atoms. The first kappa shape index (κ1) is 8.14. The molecule has 0 aliphatic carbocycles. The number of hydrogen-bond donors (Lipinski definition) is 0. The fourth-order valence-corrected chi connectivity index (χ4v) is 1.52. The van der Waals surface area contributed by atoms with Gasteiger partial charge in [-0.3, -0.25) is 0 Å². The molecule has 1 saturated heterocycles. The molecule has 1 aromatic heterocycles. The number of nitrogens with zero attached hydrogens (tertiary/aromatic N) is 4. The van der Waals surface area contributed by atoms with Gasteiger partial charge in [0.15, 0.2) is 0 Å². The van der Waals surface area contributed by atoms with Crippen molar-refractivity contribution in [3.8, 4) is 6.07 Å². The van der Waals surface area contributed by atoms with Crippen molar-refractivity contribution < 1.29 is 0 Å². The summed E-state index contributed by atoms with van der Waals surface area (Å²) in [6.07, 6.45) is 3.51. The van der Waals surface area contributed by atoms with Gasteiger partial charge in [0.1, 0.15) is 6.07 Å². The SMILES string of the molecule is CN1CC(c2cnc(C#N)nc2)C1. The predicted octanol–water partition coefficient (Wildman–Crippen LogP) is 0.377. The van der Waals surface area contributed by atoms with Gasteiger partial charge in [-0.05, 0) is 12.6 Å². The number of nitriles is 1. The molecular formula is C9H10N4. The maximum Gasteiger partial charge on any atom is 0.232 e. The summed E-state index contributed by atoms with van der Waals surface area (Å²) in [6, 6.07) is 1.91. The lowest BCUT2D eigenvalue weighted by atomic mass is 9.95. The summed E-state index contributed by atoms with van der Waals surface area (Å²) in [5.41, 5.74) is 1.14. The summed E-state index contributed by atoms with van der Waals surface area (Å²) >= 11 is 0. The molecule has 4 nitrogen and oxygen atoms in total. The summed E-state index contributed by atoms with van der Waals surface area (Å²) < 4.78 is 0. The molecule has 2 heterocycles. The molecule has 1 aromatic rings. The quantitative estimate of drug-likeness (QED) is 0.617. The fourth-order valence-electron chi connectivity index (χ4n) is 1.52. The minimum atomic E-state index is 0.247.